The Balaban J connectivity index is 1.93. The Morgan fingerprint density at radius 2 is 1.95 bits per heavy atom. The van der Waals surface area contributed by atoms with E-state index in [2.05, 4.69) is 37.9 Å². The molecular weight excluding hydrogens is 264 g/mol. The highest BCUT2D eigenvalue weighted by Gasteiger charge is 2.38. The lowest BCUT2D eigenvalue weighted by atomic mass is 10.0. The normalized spacial score (nSPS) is 30.1. The van der Waals surface area contributed by atoms with Crippen molar-refractivity contribution in [3.63, 3.8) is 0 Å². The van der Waals surface area contributed by atoms with Crippen LogP contribution in [-0.4, -0.2) is 42.8 Å². The van der Waals surface area contributed by atoms with Gasteiger partial charge in [-0.25, -0.2) is 0 Å². The van der Waals surface area contributed by atoms with Gasteiger partial charge in [-0.05, 0) is 43.4 Å². The smallest absolute Gasteiger partial charge is 0.241 e. The van der Waals surface area contributed by atoms with E-state index >= 15 is 0 Å². The summed E-state index contributed by atoms with van der Waals surface area (Å²) in [5.41, 5.74) is 0. The largest absolute Gasteiger partial charge is 0.381 e. The van der Waals surface area contributed by atoms with Crippen molar-refractivity contribution >= 4 is 5.91 Å². The van der Waals surface area contributed by atoms with Crippen LogP contribution in [-0.2, 0) is 9.53 Å². The summed E-state index contributed by atoms with van der Waals surface area (Å²) in [7, 11) is 0. The van der Waals surface area contributed by atoms with E-state index in [9.17, 15) is 4.79 Å². The lowest BCUT2D eigenvalue weighted by Crippen LogP contribution is -2.39. The number of hydrogen-bond acceptors (Lipinski definition) is 3. The molecule has 0 aliphatic carbocycles. The van der Waals surface area contributed by atoms with Gasteiger partial charge in [-0.15, -0.1) is 0 Å². The molecule has 0 bridgehead atoms. The van der Waals surface area contributed by atoms with Crippen LogP contribution in [0.3, 0.4) is 0 Å². The molecule has 3 unspecified atom stereocenters. The molecule has 3 atom stereocenters. The number of nitrogens with zero attached hydrogens (tertiary/aromatic N) is 1. The lowest BCUT2D eigenvalue weighted by Gasteiger charge is -2.26. The number of nitrogens with one attached hydrogen (secondary N) is 1. The minimum Gasteiger partial charge on any atom is -0.381 e. The third kappa shape index (κ3) is 4.68. The van der Waals surface area contributed by atoms with Crippen LogP contribution in [0.2, 0.25) is 0 Å². The van der Waals surface area contributed by atoms with Gasteiger partial charge >= 0.3 is 0 Å². The molecule has 2 heterocycles. The second kappa shape index (κ2) is 7.59. The first-order chi connectivity index (χ1) is 9.97. The van der Waals surface area contributed by atoms with E-state index in [1.54, 1.807) is 0 Å². The summed E-state index contributed by atoms with van der Waals surface area (Å²) in [5.74, 6) is 2.11. The maximum Gasteiger partial charge on any atom is 0.241 e. The molecule has 2 aliphatic heterocycles. The molecule has 1 amide bonds. The van der Waals surface area contributed by atoms with Crippen LogP contribution >= 0.6 is 0 Å². The van der Waals surface area contributed by atoms with Crippen LogP contribution in [0.25, 0.3) is 0 Å². The Labute approximate surface area is 129 Å². The fourth-order valence-corrected chi connectivity index (χ4v) is 3.43. The quantitative estimate of drug-likeness (QED) is 0.785. The van der Waals surface area contributed by atoms with Gasteiger partial charge in [0.25, 0.3) is 0 Å². The van der Waals surface area contributed by atoms with Crippen molar-refractivity contribution in [3.05, 3.63) is 0 Å². The number of carbonyl (C=O) groups is 1. The molecule has 0 saturated carbocycles. The minimum absolute atomic E-state index is 0.0218. The van der Waals surface area contributed by atoms with Crippen molar-refractivity contribution < 1.29 is 9.53 Å². The molecule has 0 radical (unpaired) electrons. The molecule has 2 saturated heterocycles. The Kier molecular flexibility index (Phi) is 6.06. The fourth-order valence-electron chi connectivity index (χ4n) is 3.43. The fraction of sp³-hybridized carbons (Fsp3) is 0.941. The Morgan fingerprint density at radius 3 is 2.52 bits per heavy atom. The van der Waals surface area contributed by atoms with Gasteiger partial charge in [-0.2, -0.15) is 0 Å². The number of ether oxygens (including phenoxy) is 1. The molecule has 2 aliphatic rings. The zero-order valence-electron chi connectivity index (χ0n) is 14.1. The number of hydrogen-bond donors (Lipinski definition) is 1. The van der Waals surface area contributed by atoms with Gasteiger partial charge in [0.15, 0.2) is 0 Å². The lowest BCUT2D eigenvalue weighted by molar-refractivity contribution is -0.130. The summed E-state index contributed by atoms with van der Waals surface area (Å²) >= 11 is 0. The third-order valence-corrected chi connectivity index (χ3v) is 4.55. The van der Waals surface area contributed by atoms with Crippen molar-refractivity contribution in [2.75, 3.05) is 19.8 Å². The van der Waals surface area contributed by atoms with Crippen molar-refractivity contribution in [1.29, 1.82) is 0 Å². The standard InChI is InChI=1S/C17H32N2O2/c1-12(2)9-15-17(20)19(16(18-15)10-13(3)4)7-5-14-6-8-21-11-14/h12-16,18H,5-11H2,1-4H3. The molecule has 0 aromatic heterocycles. The maximum atomic E-state index is 12.7. The first kappa shape index (κ1) is 16.8. The van der Waals surface area contributed by atoms with Gasteiger partial charge in [0.2, 0.25) is 5.91 Å². The third-order valence-electron chi connectivity index (χ3n) is 4.55. The van der Waals surface area contributed by atoms with E-state index in [-0.39, 0.29) is 12.2 Å². The maximum absolute atomic E-state index is 12.7. The van der Waals surface area contributed by atoms with Gasteiger partial charge in [0.05, 0.1) is 12.2 Å². The summed E-state index contributed by atoms with van der Waals surface area (Å²) in [6.07, 6.45) is 4.44. The van der Waals surface area contributed by atoms with E-state index in [0.29, 0.717) is 23.7 Å². The summed E-state index contributed by atoms with van der Waals surface area (Å²) in [6, 6.07) is 0.0218. The molecule has 21 heavy (non-hydrogen) atoms. The van der Waals surface area contributed by atoms with E-state index in [1.165, 1.54) is 0 Å². The zero-order chi connectivity index (χ0) is 15.4. The van der Waals surface area contributed by atoms with Gasteiger partial charge < -0.3 is 9.64 Å². The van der Waals surface area contributed by atoms with E-state index in [1.807, 2.05) is 0 Å². The molecule has 1 N–H and O–H groups in total. The van der Waals surface area contributed by atoms with Crippen molar-refractivity contribution in [3.8, 4) is 0 Å². The van der Waals surface area contributed by atoms with E-state index < -0.39 is 0 Å². The first-order valence-corrected chi connectivity index (χ1v) is 8.61. The average molecular weight is 296 g/mol. The zero-order valence-corrected chi connectivity index (χ0v) is 14.1. The summed E-state index contributed by atoms with van der Waals surface area (Å²) in [4.78, 5) is 14.8. The van der Waals surface area contributed by atoms with Crippen molar-refractivity contribution in [2.24, 2.45) is 17.8 Å². The Hall–Kier alpha value is -0.610. The van der Waals surface area contributed by atoms with Gasteiger partial charge in [0, 0.05) is 19.8 Å². The van der Waals surface area contributed by atoms with Crippen LogP contribution < -0.4 is 5.32 Å². The van der Waals surface area contributed by atoms with Crippen LogP contribution in [0.5, 0.6) is 0 Å². The highest BCUT2D eigenvalue weighted by atomic mass is 16.5. The molecule has 122 valence electrons. The molecule has 2 fully saturated rings. The molecular formula is C17H32N2O2. The predicted octanol–water partition coefficient (Wildman–Crippen LogP) is 2.63. The molecule has 4 heteroatoms. The minimum atomic E-state index is 0.0218. The second-order valence-electron chi connectivity index (χ2n) is 7.54. The molecule has 0 aromatic rings. The van der Waals surface area contributed by atoms with Crippen molar-refractivity contribution in [2.45, 2.75) is 65.6 Å². The van der Waals surface area contributed by atoms with E-state index in [0.717, 1.165) is 45.4 Å². The van der Waals surface area contributed by atoms with Crippen LogP contribution in [0.4, 0.5) is 0 Å². The number of carbonyl (C=O) groups excluding carboxylic acids is 1. The molecule has 4 nitrogen and oxygen atoms in total. The van der Waals surface area contributed by atoms with Crippen molar-refractivity contribution in [1.82, 2.24) is 10.2 Å². The van der Waals surface area contributed by atoms with Gasteiger partial charge in [-0.3, -0.25) is 10.1 Å². The summed E-state index contributed by atoms with van der Waals surface area (Å²) < 4.78 is 5.45. The van der Waals surface area contributed by atoms with Crippen LogP contribution in [0, 0.1) is 17.8 Å². The molecule has 0 spiro atoms. The predicted molar refractivity (Wildman–Crippen MR) is 84.9 cm³/mol. The highest BCUT2D eigenvalue weighted by molar-refractivity contribution is 5.84. The number of amides is 1. The Bertz CT molecular complexity index is 338. The molecule has 2 rings (SSSR count). The second-order valence-corrected chi connectivity index (χ2v) is 7.54. The average Bonchev–Trinajstić information content (AvgIpc) is 2.97. The highest BCUT2D eigenvalue weighted by Crippen LogP contribution is 2.24. The summed E-state index contributed by atoms with van der Waals surface area (Å²) in [5, 5.41) is 3.57. The summed E-state index contributed by atoms with van der Waals surface area (Å²) in [6.45, 7) is 11.5. The van der Waals surface area contributed by atoms with Gasteiger partial charge in [0.1, 0.15) is 0 Å². The molecule has 0 aromatic carbocycles. The Morgan fingerprint density at radius 1 is 1.24 bits per heavy atom. The van der Waals surface area contributed by atoms with Gasteiger partial charge in [-0.1, -0.05) is 27.7 Å². The number of rotatable bonds is 7. The van der Waals surface area contributed by atoms with Crippen LogP contribution in [0.15, 0.2) is 0 Å². The monoisotopic (exact) mass is 296 g/mol. The SMILES string of the molecule is CC(C)CC1NC(CC(C)C)N(CCC2CCOC2)C1=O. The van der Waals surface area contributed by atoms with Crippen LogP contribution in [0.1, 0.15) is 53.4 Å². The van der Waals surface area contributed by atoms with E-state index in [4.69, 9.17) is 4.74 Å². The first-order valence-electron chi connectivity index (χ1n) is 8.61. The topological polar surface area (TPSA) is 41.6 Å².